The molecular weight excluding hydrogens is 569 g/mol. The number of anilines is 2. The van der Waals surface area contributed by atoms with Gasteiger partial charge < -0.3 is 16.0 Å². The van der Waals surface area contributed by atoms with Gasteiger partial charge in [-0.15, -0.1) is 0 Å². The zero-order valence-corrected chi connectivity index (χ0v) is 24.5. The van der Waals surface area contributed by atoms with Gasteiger partial charge >= 0.3 is 0 Å². The maximum absolute atomic E-state index is 15.7. The predicted octanol–water partition coefficient (Wildman–Crippen LogP) is 7.19. The Kier molecular flexibility index (Phi) is 8.74. The van der Waals surface area contributed by atoms with Crippen LogP contribution in [0.15, 0.2) is 60.7 Å². The van der Waals surface area contributed by atoms with Gasteiger partial charge in [-0.3, -0.25) is 9.59 Å². The van der Waals surface area contributed by atoms with E-state index in [4.69, 9.17) is 23.2 Å². The number of nitrogens with zero attached hydrogens (tertiary/aromatic N) is 1. The van der Waals surface area contributed by atoms with Gasteiger partial charge in [0.2, 0.25) is 11.8 Å². The molecule has 0 bridgehead atoms. The molecular formula is C31H30Cl2F2N4O2. The molecule has 1 fully saturated rings. The zero-order valence-electron chi connectivity index (χ0n) is 23.0. The standard InChI is InChI=1S/C31H30Cl2F2N4O2/c1-17(40)37-19-9-11-20(12-10-19)38-29(41)28-26(21-6-5-7-23(33)27(21)35)31(16-36,25(39-28)15-30(2,3)4)22-13-8-18(32)14-24(22)34/h5-14,25-26,28,39H,15H2,1-4H3,(H,37,40)(H,38,41). The lowest BCUT2D eigenvalue weighted by Gasteiger charge is -2.37. The van der Waals surface area contributed by atoms with Crippen molar-refractivity contribution < 1.29 is 18.4 Å². The molecule has 4 unspecified atom stereocenters. The fourth-order valence-electron chi connectivity index (χ4n) is 5.62. The summed E-state index contributed by atoms with van der Waals surface area (Å²) >= 11 is 12.2. The summed E-state index contributed by atoms with van der Waals surface area (Å²) in [5.41, 5.74) is -1.10. The second-order valence-corrected chi connectivity index (χ2v) is 12.3. The van der Waals surface area contributed by atoms with E-state index in [1.807, 2.05) is 20.8 Å². The molecule has 2 amide bonds. The summed E-state index contributed by atoms with van der Waals surface area (Å²) in [6.07, 6.45) is 0.358. The van der Waals surface area contributed by atoms with E-state index in [9.17, 15) is 14.9 Å². The predicted molar refractivity (Wildman–Crippen MR) is 157 cm³/mol. The summed E-state index contributed by atoms with van der Waals surface area (Å²) in [7, 11) is 0. The third-order valence-corrected chi connectivity index (χ3v) is 7.73. The van der Waals surface area contributed by atoms with Gasteiger partial charge in [-0.25, -0.2) is 8.78 Å². The molecule has 6 nitrogen and oxygen atoms in total. The maximum Gasteiger partial charge on any atom is 0.242 e. The lowest BCUT2D eigenvalue weighted by atomic mass is 9.62. The van der Waals surface area contributed by atoms with Gasteiger partial charge in [0.1, 0.15) is 17.0 Å². The molecule has 3 N–H and O–H groups in total. The van der Waals surface area contributed by atoms with Crippen LogP contribution in [0.5, 0.6) is 0 Å². The molecule has 1 saturated heterocycles. The van der Waals surface area contributed by atoms with E-state index in [0.29, 0.717) is 17.8 Å². The Labute approximate surface area is 248 Å². The summed E-state index contributed by atoms with van der Waals surface area (Å²) < 4.78 is 31.4. The highest BCUT2D eigenvalue weighted by Crippen LogP contribution is 2.52. The van der Waals surface area contributed by atoms with Crippen LogP contribution < -0.4 is 16.0 Å². The smallest absolute Gasteiger partial charge is 0.242 e. The Morgan fingerprint density at radius 2 is 1.66 bits per heavy atom. The Bertz CT molecular complexity index is 1520. The molecule has 4 rings (SSSR count). The summed E-state index contributed by atoms with van der Waals surface area (Å²) in [5.74, 6) is -3.49. The number of nitrogens with one attached hydrogen (secondary N) is 3. The Balaban J connectivity index is 1.89. The number of nitriles is 1. The van der Waals surface area contributed by atoms with Crippen LogP contribution in [-0.4, -0.2) is 23.9 Å². The van der Waals surface area contributed by atoms with E-state index < -0.39 is 41.0 Å². The topological polar surface area (TPSA) is 94.0 Å². The number of hydrogen-bond acceptors (Lipinski definition) is 4. The highest BCUT2D eigenvalue weighted by Gasteiger charge is 2.61. The molecule has 0 saturated carbocycles. The van der Waals surface area contributed by atoms with Gasteiger partial charge in [-0.05, 0) is 59.9 Å². The van der Waals surface area contributed by atoms with Crippen LogP contribution in [0.3, 0.4) is 0 Å². The second-order valence-electron chi connectivity index (χ2n) is 11.4. The maximum atomic E-state index is 15.7. The number of rotatable bonds is 6. The third kappa shape index (κ3) is 6.23. The Morgan fingerprint density at radius 3 is 2.22 bits per heavy atom. The summed E-state index contributed by atoms with van der Waals surface area (Å²) in [6, 6.07) is 15.3. The van der Waals surface area contributed by atoms with Gasteiger partial charge in [0.05, 0.1) is 17.1 Å². The number of benzene rings is 3. The van der Waals surface area contributed by atoms with E-state index in [-0.39, 0.29) is 32.5 Å². The number of hydrogen-bond donors (Lipinski definition) is 3. The molecule has 0 aromatic heterocycles. The van der Waals surface area contributed by atoms with Crippen molar-refractivity contribution in [3.63, 3.8) is 0 Å². The minimum absolute atomic E-state index is 0.00508. The first-order valence-corrected chi connectivity index (χ1v) is 13.8. The fraction of sp³-hybridized carbons (Fsp3) is 0.323. The minimum atomic E-state index is -1.72. The normalized spacial score (nSPS) is 22.2. The number of carbonyl (C=O) groups excluding carboxylic acids is 2. The van der Waals surface area contributed by atoms with Gasteiger partial charge in [0.25, 0.3) is 0 Å². The van der Waals surface area contributed by atoms with E-state index in [2.05, 4.69) is 22.0 Å². The van der Waals surface area contributed by atoms with Crippen molar-refractivity contribution in [1.29, 1.82) is 5.26 Å². The van der Waals surface area contributed by atoms with Gasteiger partial charge in [0.15, 0.2) is 0 Å². The lowest BCUT2D eigenvalue weighted by molar-refractivity contribution is -0.118. The summed E-state index contributed by atoms with van der Waals surface area (Å²) in [6.45, 7) is 7.28. The average Bonchev–Trinajstić information content (AvgIpc) is 3.19. The molecule has 3 aromatic carbocycles. The first-order valence-electron chi connectivity index (χ1n) is 13.0. The van der Waals surface area contributed by atoms with Crippen LogP contribution >= 0.6 is 23.2 Å². The van der Waals surface area contributed by atoms with Crippen LogP contribution in [0.1, 0.15) is 51.2 Å². The average molecular weight is 600 g/mol. The van der Waals surface area contributed by atoms with Crippen LogP contribution in [0.25, 0.3) is 0 Å². The molecule has 4 atom stereocenters. The van der Waals surface area contributed by atoms with Crippen LogP contribution in [0.2, 0.25) is 10.0 Å². The van der Waals surface area contributed by atoms with Crippen LogP contribution in [-0.2, 0) is 15.0 Å². The van der Waals surface area contributed by atoms with Crippen LogP contribution in [0.4, 0.5) is 20.2 Å². The molecule has 1 aliphatic heterocycles. The first kappa shape index (κ1) is 30.4. The van der Waals surface area contributed by atoms with Crippen molar-refractivity contribution in [2.24, 2.45) is 5.41 Å². The summed E-state index contributed by atoms with van der Waals surface area (Å²) in [4.78, 5) is 25.3. The molecule has 0 aliphatic carbocycles. The Morgan fingerprint density at radius 1 is 1.02 bits per heavy atom. The third-order valence-electron chi connectivity index (χ3n) is 7.20. The van der Waals surface area contributed by atoms with Crippen LogP contribution in [0, 0.1) is 28.4 Å². The van der Waals surface area contributed by atoms with E-state index in [0.717, 1.165) is 6.07 Å². The highest BCUT2D eigenvalue weighted by atomic mass is 35.5. The lowest BCUT2D eigenvalue weighted by Crippen LogP contribution is -2.45. The first-order chi connectivity index (χ1) is 19.3. The largest absolute Gasteiger partial charge is 0.326 e. The van der Waals surface area contributed by atoms with Crippen molar-refractivity contribution in [2.45, 2.75) is 57.5 Å². The minimum Gasteiger partial charge on any atom is -0.326 e. The highest BCUT2D eigenvalue weighted by molar-refractivity contribution is 6.31. The number of amides is 2. The summed E-state index contributed by atoms with van der Waals surface area (Å²) in [5, 5.41) is 19.6. The SMILES string of the molecule is CC(=O)Nc1ccc(NC(=O)C2NC(CC(C)(C)C)C(C#N)(c3ccc(Cl)cc3F)C2c2cccc(Cl)c2F)cc1. The monoisotopic (exact) mass is 598 g/mol. The molecule has 214 valence electrons. The van der Waals surface area contributed by atoms with E-state index in [1.165, 1.54) is 37.3 Å². The van der Waals surface area contributed by atoms with Crippen molar-refractivity contribution in [1.82, 2.24) is 5.32 Å². The van der Waals surface area contributed by atoms with E-state index in [1.54, 1.807) is 24.3 Å². The molecule has 1 heterocycles. The number of carbonyl (C=O) groups is 2. The Hall–Kier alpha value is -3.51. The van der Waals surface area contributed by atoms with Crippen molar-refractivity contribution in [3.05, 3.63) is 93.5 Å². The van der Waals surface area contributed by atoms with Gasteiger partial charge in [-0.1, -0.05) is 62.2 Å². The van der Waals surface area contributed by atoms with Gasteiger partial charge in [0, 0.05) is 40.8 Å². The zero-order chi connectivity index (χ0) is 30.1. The molecule has 10 heteroatoms. The molecule has 41 heavy (non-hydrogen) atoms. The van der Waals surface area contributed by atoms with Crippen molar-refractivity contribution >= 4 is 46.4 Å². The number of halogens is 4. The second kappa shape index (κ2) is 11.8. The van der Waals surface area contributed by atoms with Gasteiger partial charge in [-0.2, -0.15) is 5.26 Å². The molecule has 3 aromatic rings. The molecule has 0 radical (unpaired) electrons. The quantitative estimate of drug-likeness (QED) is 0.280. The van der Waals surface area contributed by atoms with Crippen molar-refractivity contribution in [3.8, 4) is 6.07 Å². The molecule has 1 aliphatic rings. The van der Waals surface area contributed by atoms with E-state index >= 15 is 8.78 Å². The molecule has 0 spiro atoms. The fourth-order valence-corrected chi connectivity index (χ4v) is 5.96. The van der Waals surface area contributed by atoms with Crippen molar-refractivity contribution in [2.75, 3.05) is 10.6 Å².